The van der Waals surface area contributed by atoms with Crippen molar-refractivity contribution in [2.75, 3.05) is 5.32 Å². The third-order valence-electron chi connectivity index (χ3n) is 4.06. The Hall–Kier alpha value is -3.13. The summed E-state index contributed by atoms with van der Waals surface area (Å²) in [5, 5.41) is 20.7. The summed E-state index contributed by atoms with van der Waals surface area (Å²) in [6.45, 7) is 3.90. The highest BCUT2D eigenvalue weighted by molar-refractivity contribution is 6.30. The molecule has 0 radical (unpaired) electrons. The third-order valence-corrected chi connectivity index (χ3v) is 4.30. The van der Waals surface area contributed by atoms with Gasteiger partial charge in [-0.25, -0.2) is 4.79 Å². The van der Waals surface area contributed by atoms with E-state index in [-0.39, 0.29) is 5.56 Å². The first-order valence-corrected chi connectivity index (χ1v) is 8.58. The topological polar surface area (TPSA) is 102 Å². The predicted octanol–water partition coefficient (Wildman–Crippen LogP) is 2.99. The van der Waals surface area contributed by atoms with Crippen LogP contribution < -0.4 is 5.32 Å². The average molecular weight is 388 g/mol. The Morgan fingerprint density at radius 1 is 1.33 bits per heavy atom. The fraction of sp³-hybridized carbons (Fsp3) is 0.222. The molecule has 0 aliphatic carbocycles. The van der Waals surface area contributed by atoms with Gasteiger partial charge in [-0.05, 0) is 31.5 Å². The van der Waals surface area contributed by atoms with Gasteiger partial charge in [0.1, 0.15) is 6.04 Å². The molecule has 0 saturated carbocycles. The minimum Gasteiger partial charge on any atom is -0.480 e. The Morgan fingerprint density at radius 2 is 2.11 bits per heavy atom. The molecule has 9 heteroatoms. The van der Waals surface area contributed by atoms with E-state index in [0.717, 1.165) is 11.3 Å². The summed E-state index contributed by atoms with van der Waals surface area (Å²) in [5.74, 6) is -1.04. The van der Waals surface area contributed by atoms with E-state index in [2.05, 4.69) is 15.5 Å². The maximum atomic E-state index is 12.4. The fourth-order valence-corrected chi connectivity index (χ4v) is 2.72. The summed E-state index contributed by atoms with van der Waals surface area (Å²) in [4.78, 5) is 23.4. The molecule has 0 saturated heterocycles. The quantitative estimate of drug-likeness (QED) is 0.677. The molecule has 1 unspecified atom stereocenters. The first-order valence-electron chi connectivity index (χ1n) is 8.20. The number of anilines is 1. The number of amides is 1. The van der Waals surface area contributed by atoms with Crippen LogP contribution in [0.4, 0.5) is 5.82 Å². The molecule has 2 aromatic heterocycles. The smallest absolute Gasteiger partial charge is 0.328 e. The van der Waals surface area contributed by atoms with Crippen LogP contribution in [-0.4, -0.2) is 36.5 Å². The minimum absolute atomic E-state index is 0.255. The number of aliphatic carboxylic acids is 1. The fourth-order valence-electron chi connectivity index (χ4n) is 2.51. The van der Waals surface area contributed by atoms with Crippen LogP contribution >= 0.6 is 11.6 Å². The van der Waals surface area contributed by atoms with Crippen LogP contribution in [0.2, 0.25) is 5.02 Å². The number of halogens is 1. The van der Waals surface area contributed by atoms with Crippen LogP contribution in [0.25, 0.3) is 0 Å². The molecular weight excluding hydrogens is 370 g/mol. The van der Waals surface area contributed by atoms with Gasteiger partial charge in [-0.15, -0.1) is 0 Å². The van der Waals surface area contributed by atoms with E-state index in [1.165, 1.54) is 24.0 Å². The Morgan fingerprint density at radius 3 is 2.81 bits per heavy atom. The Kier molecular flexibility index (Phi) is 5.27. The normalized spacial score (nSPS) is 12.0. The number of hydrogen-bond acceptors (Lipinski definition) is 4. The average Bonchev–Trinajstić information content (AvgIpc) is 3.22. The van der Waals surface area contributed by atoms with Crippen LogP contribution in [0.5, 0.6) is 0 Å². The van der Waals surface area contributed by atoms with Crippen molar-refractivity contribution in [3.63, 3.8) is 0 Å². The second-order valence-corrected chi connectivity index (χ2v) is 6.57. The maximum Gasteiger partial charge on any atom is 0.328 e. The monoisotopic (exact) mass is 387 g/mol. The maximum absolute atomic E-state index is 12.4. The van der Waals surface area contributed by atoms with Gasteiger partial charge in [0.2, 0.25) is 0 Å². The lowest BCUT2D eigenvalue weighted by molar-refractivity contribution is -0.140. The lowest BCUT2D eigenvalue weighted by Gasteiger charge is -2.05. The SMILES string of the molecule is Cc1cc(NC(=O)c2cnn(C(C)C(=O)O)c2)nn1Cc1cccc(Cl)c1. The standard InChI is InChI=1S/C18H18ClN5O3/c1-11-6-16(22-23(11)9-13-4-3-5-15(19)7-13)21-17(25)14-8-20-24(10-14)12(2)18(26)27/h3-8,10,12H,9H2,1-2H3,(H,26,27)(H,21,22,25). The van der Waals surface area contributed by atoms with Crippen LogP contribution in [0.3, 0.4) is 0 Å². The van der Waals surface area contributed by atoms with Crippen molar-refractivity contribution >= 4 is 29.3 Å². The molecule has 0 aliphatic heterocycles. The number of aryl methyl sites for hydroxylation is 1. The largest absolute Gasteiger partial charge is 0.480 e. The molecule has 0 spiro atoms. The zero-order chi connectivity index (χ0) is 19.6. The van der Waals surface area contributed by atoms with Crippen LogP contribution in [0.15, 0.2) is 42.7 Å². The lowest BCUT2D eigenvalue weighted by Crippen LogP contribution is -2.16. The van der Waals surface area contributed by atoms with Crippen molar-refractivity contribution in [2.24, 2.45) is 0 Å². The summed E-state index contributed by atoms with van der Waals surface area (Å²) < 4.78 is 2.98. The van der Waals surface area contributed by atoms with Crippen molar-refractivity contribution in [2.45, 2.75) is 26.4 Å². The molecule has 27 heavy (non-hydrogen) atoms. The summed E-state index contributed by atoms with van der Waals surface area (Å²) in [6.07, 6.45) is 2.72. The van der Waals surface area contributed by atoms with Gasteiger partial charge in [0.05, 0.1) is 18.3 Å². The number of aromatic nitrogens is 4. The molecule has 3 aromatic rings. The van der Waals surface area contributed by atoms with E-state index in [9.17, 15) is 9.59 Å². The first kappa shape index (κ1) is 18.7. The van der Waals surface area contributed by atoms with Crippen molar-refractivity contribution in [1.82, 2.24) is 19.6 Å². The molecule has 1 amide bonds. The summed E-state index contributed by atoms with van der Waals surface area (Å²) in [5.41, 5.74) is 2.13. The van der Waals surface area contributed by atoms with Gasteiger partial charge < -0.3 is 10.4 Å². The molecule has 3 rings (SSSR count). The Balaban J connectivity index is 1.71. The van der Waals surface area contributed by atoms with E-state index in [1.807, 2.05) is 25.1 Å². The number of carbonyl (C=O) groups is 2. The number of carboxylic acids is 1. The highest BCUT2D eigenvalue weighted by atomic mass is 35.5. The number of benzene rings is 1. The third kappa shape index (κ3) is 4.35. The minimum atomic E-state index is -1.03. The van der Waals surface area contributed by atoms with E-state index in [0.29, 0.717) is 17.4 Å². The van der Waals surface area contributed by atoms with E-state index < -0.39 is 17.9 Å². The zero-order valence-corrected chi connectivity index (χ0v) is 15.5. The van der Waals surface area contributed by atoms with E-state index >= 15 is 0 Å². The van der Waals surface area contributed by atoms with Crippen LogP contribution in [0.1, 0.15) is 34.6 Å². The highest BCUT2D eigenvalue weighted by Crippen LogP contribution is 2.16. The number of hydrogen-bond donors (Lipinski definition) is 2. The molecule has 1 atom stereocenters. The van der Waals surface area contributed by atoms with Crippen molar-refractivity contribution in [1.29, 1.82) is 0 Å². The molecule has 140 valence electrons. The molecule has 0 bridgehead atoms. The molecular formula is C18H18ClN5O3. The molecule has 0 fully saturated rings. The van der Waals surface area contributed by atoms with Gasteiger partial charge in [-0.1, -0.05) is 23.7 Å². The Labute approximate surface area is 160 Å². The van der Waals surface area contributed by atoms with Gasteiger partial charge in [0, 0.05) is 23.0 Å². The number of nitrogens with zero attached hydrogens (tertiary/aromatic N) is 4. The summed E-state index contributed by atoms with van der Waals surface area (Å²) >= 11 is 6.01. The Bertz CT molecular complexity index is 995. The number of carboxylic acid groups (broad SMARTS) is 1. The van der Waals surface area contributed by atoms with Crippen molar-refractivity contribution in [3.8, 4) is 0 Å². The number of nitrogens with one attached hydrogen (secondary N) is 1. The second kappa shape index (κ2) is 7.63. The summed E-state index contributed by atoms with van der Waals surface area (Å²) in [7, 11) is 0. The lowest BCUT2D eigenvalue weighted by atomic mass is 10.2. The van der Waals surface area contributed by atoms with Crippen molar-refractivity contribution < 1.29 is 14.7 Å². The van der Waals surface area contributed by atoms with Gasteiger partial charge in [0.15, 0.2) is 5.82 Å². The van der Waals surface area contributed by atoms with Crippen LogP contribution in [-0.2, 0) is 11.3 Å². The van der Waals surface area contributed by atoms with Gasteiger partial charge >= 0.3 is 5.97 Å². The number of rotatable bonds is 6. The zero-order valence-electron chi connectivity index (χ0n) is 14.8. The van der Waals surface area contributed by atoms with E-state index in [4.69, 9.17) is 16.7 Å². The van der Waals surface area contributed by atoms with Gasteiger partial charge in [-0.2, -0.15) is 10.2 Å². The highest BCUT2D eigenvalue weighted by Gasteiger charge is 2.17. The second-order valence-electron chi connectivity index (χ2n) is 6.14. The number of carbonyl (C=O) groups excluding carboxylic acids is 1. The van der Waals surface area contributed by atoms with Crippen molar-refractivity contribution in [3.05, 3.63) is 64.6 Å². The molecule has 1 aromatic carbocycles. The van der Waals surface area contributed by atoms with Crippen LogP contribution in [0, 0.1) is 6.92 Å². The first-order chi connectivity index (χ1) is 12.8. The predicted molar refractivity (Wildman–Crippen MR) is 100 cm³/mol. The summed E-state index contributed by atoms with van der Waals surface area (Å²) in [6, 6.07) is 8.38. The molecule has 2 heterocycles. The van der Waals surface area contributed by atoms with E-state index in [1.54, 1.807) is 16.8 Å². The molecule has 8 nitrogen and oxygen atoms in total. The molecule has 0 aliphatic rings. The molecule has 2 N–H and O–H groups in total. The van der Waals surface area contributed by atoms with Gasteiger partial charge in [-0.3, -0.25) is 14.2 Å². The van der Waals surface area contributed by atoms with Gasteiger partial charge in [0.25, 0.3) is 5.91 Å².